The molecule has 1 aliphatic heterocycles. The first kappa shape index (κ1) is 15.0. The van der Waals surface area contributed by atoms with Crippen LogP contribution in [0.3, 0.4) is 0 Å². The van der Waals surface area contributed by atoms with Crippen LogP contribution >= 0.6 is 11.3 Å². The number of hydrogen-bond acceptors (Lipinski definition) is 4. The van der Waals surface area contributed by atoms with Crippen LogP contribution in [0.25, 0.3) is 15.9 Å². The Morgan fingerprint density at radius 2 is 1.75 bits per heavy atom. The molecule has 1 saturated heterocycles. The highest BCUT2D eigenvalue weighted by Gasteiger charge is 2.25. The first-order chi connectivity index (χ1) is 11.7. The minimum Gasteiger partial charge on any atom is -0.397 e. The standard InChI is InChI=1S/C18H17N3O2S/c19-15-13-8-9-14(22)21(12-6-2-1-3-7-12)18(13)24-16(15)17(23)20-10-4-5-11-20/h1-3,6-9H,4-5,10-11,19H2. The maximum atomic E-state index is 12.7. The van der Waals surface area contributed by atoms with Crippen LogP contribution in [0, 0.1) is 0 Å². The number of carbonyl (C=O) groups is 1. The van der Waals surface area contributed by atoms with Crippen molar-refractivity contribution in [3.05, 3.63) is 57.7 Å². The Hall–Kier alpha value is -2.60. The van der Waals surface area contributed by atoms with Crippen molar-refractivity contribution in [2.24, 2.45) is 0 Å². The zero-order valence-corrected chi connectivity index (χ0v) is 13.9. The molecule has 0 atom stereocenters. The van der Waals surface area contributed by atoms with Gasteiger partial charge in [-0.15, -0.1) is 11.3 Å². The number of likely N-dealkylation sites (tertiary alicyclic amines) is 1. The number of rotatable bonds is 2. The normalized spacial score (nSPS) is 14.4. The second-order valence-electron chi connectivity index (χ2n) is 5.91. The summed E-state index contributed by atoms with van der Waals surface area (Å²) in [6.07, 6.45) is 2.07. The van der Waals surface area contributed by atoms with Gasteiger partial charge in [-0.05, 0) is 31.0 Å². The van der Waals surface area contributed by atoms with E-state index < -0.39 is 0 Å². The van der Waals surface area contributed by atoms with Crippen molar-refractivity contribution in [2.45, 2.75) is 12.8 Å². The summed E-state index contributed by atoms with van der Waals surface area (Å²) < 4.78 is 1.62. The van der Waals surface area contributed by atoms with E-state index in [1.54, 1.807) is 10.6 Å². The van der Waals surface area contributed by atoms with E-state index in [4.69, 9.17) is 5.73 Å². The van der Waals surface area contributed by atoms with Gasteiger partial charge in [0.15, 0.2) is 0 Å². The van der Waals surface area contributed by atoms with Crippen LogP contribution < -0.4 is 11.3 Å². The Kier molecular flexibility index (Phi) is 3.61. The number of anilines is 1. The molecule has 3 aromatic rings. The third kappa shape index (κ3) is 2.30. The molecule has 0 unspecified atom stereocenters. The van der Waals surface area contributed by atoms with Gasteiger partial charge in [-0.25, -0.2) is 0 Å². The van der Waals surface area contributed by atoms with Crippen LogP contribution in [0.15, 0.2) is 47.3 Å². The van der Waals surface area contributed by atoms with Crippen LogP contribution in [-0.2, 0) is 0 Å². The number of pyridine rings is 1. The lowest BCUT2D eigenvalue weighted by Gasteiger charge is -2.14. The number of fused-ring (bicyclic) bond motifs is 1. The molecule has 4 rings (SSSR count). The number of thiophene rings is 1. The number of benzene rings is 1. The summed E-state index contributed by atoms with van der Waals surface area (Å²) in [5.74, 6) is -0.0294. The highest BCUT2D eigenvalue weighted by Crippen LogP contribution is 2.35. The summed E-state index contributed by atoms with van der Waals surface area (Å²) in [5.41, 5.74) is 7.36. The zero-order valence-electron chi connectivity index (χ0n) is 13.1. The predicted octanol–water partition coefficient (Wildman–Crippen LogP) is 2.87. The summed E-state index contributed by atoms with van der Waals surface area (Å²) in [7, 11) is 0. The fourth-order valence-corrected chi connectivity index (χ4v) is 4.35. The van der Waals surface area contributed by atoms with Gasteiger partial charge in [0, 0.05) is 24.5 Å². The number of carbonyl (C=O) groups excluding carboxylic acids is 1. The zero-order chi connectivity index (χ0) is 16.7. The number of hydrogen-bond donors (Lipinski definition) is 1. The SMILES string of the molecule is Nc1c(C(=O)N2CCCC2)sc2c1ccc(=O)n2-c1ccccc1. The second-order valence-corrected chi connectivity index (χ2v) is 6.90. The molecule has 24 heavy (non-hydrogen) atoms. The number of nitrogens with zero attached hydrogens (tertiary/aromatic N) is 2. The summed E-state index contributed by atoms with van der Waals surface area (Å²) in [5, 5.41) is 0.756. The fourth-order valence-electron chi connectivity index (χ4n) is 3.14. The fraction of sp³-hybridized carbons (Fsp3) is 0.222. The molecule has 1 aromatic carbocycles. The molecule has 3 heterocycles. The summed E-state index contributed by atoms with van der Waals surface area (Å²) in [6, 6.07) is 12.6. The first-order valence-corrected chi connectivity index (χ1v) is 8.77. The van der Waals surface area contributed by atoms with Gasteiger partial charge in [-0.2, -0.15) is 0 Å². The van der Waals surface area contributed by atoms with E-state index in [1.165, 1.54) is 17.4 Å². The Labute approximate surface area is 142 Å². The first-order valence-electron chi connectivity index (χ1n) is 7.95. The minimum absolute atomic E-state index is 0.0294. The van der Waals surface area contributed by atoms with E-state index in [2.05, 4.69) is 0 Å². The molecule has 1 fully saturated rings. The second kappa shape index (κ2) is 5.79. The van der Waals surface area contributed by atoms with Gasteiger partial charge < -0.3 is 10.6 Å². The minimum atomic E-state index is -0.130. The third-order valence-electron chi connectivity index (χ3n) is 4.38. The lowest BCUT2D eigenvalue weighted by atomic mass is 10.2. The van der Waals surface area contributed by atoms with Crippen molar-refractivity contribution in [2.75, 3.05) is 18.8 Å². The van der Waals surface area contributed by atoms with Crippen LogP contribution in [0.1, 0.15) is 22.5 Å². The van der Waals surface area contributed by atoms with E-state index in [0.717, 1.165) is 37.0 Å². The maximum absolute atomic E-state index is 12.7. The Balaban J connectivity index is 1.92. The van der Waals surface area contributed by atoms with E-state index in [1.807, 2.05) is 35.2 Å². The van der Waals surface area contributed by atoms with E-state index in [9.17, 15) is 9.59 Å². The molecule has 1 amide bonds. The number of nitrogens with two attached hydrogens (primary N) is 1. The summed E-state index contributed by atoms with van der Waals surface area (Å²) in [6.45, 7) is 1.55. The largest absolute Gasteiger partial charge is 0.397 e. The third-order valence-corrected chi connectivity index (χ3v) is 5.58. The average Bonchev–Trinajstić information content (AvgIpc) is 3.24. The van der Waals surface area contributed by atoms with Crippen molar-refractivity contribution in [3.63, 3.8) is 0 Å². The van der Waals surface area contributed by atoms with Crippen molar-refractivity contribution in [3.8, 4) is 5.69 Å². The van der Waals surface area contributed by atoms with Gasteiger partial charge >= 0.3 is 0 Å². The molecule has 5 nitrogen and oxygen atoms in total. The molecular weight excluding hydrogens is 322 g/mol. The van der Waals surface area contributed by atoms with Gasteiger partial charge in [-0.3, -0.25) is 14.2 Å². The highest BCUT2D eigenvalue weighted by molar-refractivity contribution is 7.21. The Morgan fingerprint density at radius 3 is 2.46 bits per heavy atom. The molecule has 1 aliphatic rings. The van der Waals surface area contributed by atoms with Gasteiger partial charge in [0.1, 0.15) is 9.71 Å². The quantitative estimate of drug-likeness (QED) is 0.780. The molecule has 0 spiro atoms. The van der Waals surface area contributed by atoms with Crippen molar-refractivity contribution in [1.82, 2.24) is 9.47 Å². The van der Waals surface area contributed by atoms with Gasteiger partial charge in [0.2, 0.25) is 0 Å². The van der Waals surface area contributed by atoms with Gasteiger partial charge in [0.25, 0.3) is 11.5 Å². The van der Waals surface area contributed by atoms with Crippen LogP contribution in [0.2, 0.25) is 0 Å². The lowest BCUT2D eigenvalue weighted by Crippen LogP contribution is -2.27. The molecule has 0 radical (unpaired) electrons. The molecule has 2 N–H and O–H groups in total. The molecule has 2 aromatic heterocycles. The van der Waals surface area contributed by atoms with Crippen LogP contribution in [0.5, 0.6) is 0 Å². The smallest absolute Gasteiger partial charge is 0.266 e. The monoisotopic (exact) mass is 339 g/mol. The van der Waals surface area contributed by atoms with E-state index in [0.29, 0.717) is 15.4 Å². The van der Waals surface area contributed by atoms with Crippen LogP contribution in [0.4, 0.5) is 5.69 Å². The molecule has 6 heteroatoms. The number of para-hydroxylation sites is 1. The number of amides is 1. The summed E-state index contributed by atoms with van der Waals surface area (Å²) >= 11 is 1.30. The van der Waals surface area contributed by atoms with Crippen molar-refractivity contribution >= 4 is 33.1 Å². The topological polar surface area (TPSA) is 68.3 Å². The average molecular weight is 339 g/mol. The summed E-state index contributed by atoms with van der Waals surface area (Å²) in [4.78, 5) is 28.2. The number of nitrogen functional groups attached to an aromatic ring is 1. The van der Waals surface area contributed by atoms with E-state index in [-0.39, 0.29) is 11.5 Å². The van der Waals surface area contributed by atoms with Crippen LogP contribution in [-0.4, -0.2) is 28.5 Å². The van der Waals surface area contributed by atoms with E-state index >= 15 is 0 Å². The Morgan fingerprint density at radius 1 is 1.04 bits per heavy atom. The molecule has 0 aliphatic carbocycles. The van der Waals surface area contributed by atoms with Crippen molar-refractivity contribution in [1.29, 1.82) is 0 Å². The molecule has 122 valence electrons. The molecule has 0 bridgehead atoms. The van der Waals surface area contributed by atoms with Gasteiger partial charge in [0.05, 0.1) is 11.4 Å². The van der Waals surface area contributed by atoms with Crippen molar-refractivity contribution < 1.29 is 4.79 Å². The molecule has 0 saturated carbocycles. The number of aromatic nitrogens is 1. The van der Waals surface area contributed by atoms with Gasteiger partial charge in [-0.1, -0.05) is 18.2 Å². The lowest BCUT2D eigenvalue weighted by molar-refractivity contribution is 0.0798. The predicted molar refractivity (Wildman–Crippen MR) is 97.0 cm³/mol. The molecular formula is C18H17N3O2S. The maximum Gasteiger partial charge on any atom is 0.266 e. The highest BCUT2D eigenvalue weighted by atomic mass is 32.1. The Bertz CT molecular complexity index is 969.